The summed E-state index contributed by atoms with van der Waals surface area (Å²) in [7, 11) is 0. The van der Waals surface area contributed by atoms with Crippen LogP contribution in [0.1, 0.15) is 32.6 Å². The first-order valence-corrected chi connectivity index (χ1v) is 5.83. The Morgan fingerprint density at radius 3 is 1.64 bits per heavy atom. The second-order valence-corrected chi connectivity index (χ2v) is 3.76. The number of esters is 1. The van der Waals surface area contributed by atoms with Gasteiger partial charge in [0.05, 0.1) is 25.9 Å². The number of ketones is 1. The first-order valence-electron chi connectivity index (χ1n) is 5.83. The molecule has 22 heavy (non-hydrogen) atoms. The Hall–Kier alpha value is -1.81. The van der Waals surface area contributed by atoms with Gasteiger partial charge >= 0.3 is 24.3 Å². The van der Waals surface area contributed by atoms with Crippen molar-refractivity contribution in [1.82, 2.24) is 0 Å². The molecule has 0 bridgehead atoms. The van der Waals surface area contributed by atoms with Crippen molar-refractivity contribution in [3.63, 3.8) is 0 Å². The summed E-state index contributed by atoms with van der Waals surface area (Å²) in [6.07, 6.45) is -12.8. The summed E-state index contributed by atoms with van der Waals surface area (Å²) in [6, 6.07) is 0. The quantitative estimate of drug-likeness (QED) is 0.457. The van der Waals surface area contributed by atoms with E-state index in [-0.39, 0.29) is 6.61 Å². The van der Waals surface area contributed by atoms with E-state index in [0.29, 0.717) is 0 Å². The van der Waals surface area contributed by atoms with Gasteiger partial charge in [0.2, 0.25) is 5.78 Å². The lowest BCUT2D eigenvalue weighted by atomic mass is 10.2. The number of carbonyl (C=O) groups is 3. The smallest absolute Gasteiger partial charge is 0.389 e. The second kappa shape index (κ2) is 10.0. The zero-order valence-electron chi connectivity index (χ0n) is 11.4. The number of alkyl halides is 6. The summed E-state index contributed by atoms with van der Waals surface area (Å²) >= 11 is 0. The first-order chi connectivity index (χ1) is 9.78. The number of ether oxygens (including phenoxy) is 1. The Morgan fingerprint density at radius 1 is 0.909 bits per heavy atom. The fraction of sp³-hybridized carbons (Fsp3) is 0.727. The van der Waals surface area contributed by atoms with Crippen molar-refractivity contribution in [3.8, 4) is 0 Å². The van der Waals surface area contributed by atoms with Crippen LogP contribution in [0, 0.1) is 0 Å². The number of carboxylic acids is 1. The topological polar surface area (TPSA) is 80.7 Å². The Bertz CT molecular complexity index is 374. The second-order valence-electron chi connectivity index (χ2n) is 3.76. The van der Waals surface area contributed by atoms with E-state index in [1.807, 2.05) is 0 Å². The van der Waals surface area contributed by atoms with E-state index in [2.05, 4.69) is 4.74 Å². The van der Waals surface area contributed by atoms with Crippen LogP contribution in [0.25, 0.3) is 0 Å². The fourth-order valence-corrected chi connectivity index (χ4v) is 0.839. The van der Waals surface area contributed by atoms with Gasteiger partial charge in [-0.05, 0) is 6.92 Å². The molecule has 0 unspecified atom stereocenters. The summed E-state index contributed by atoms with van der Waals surface area (Å²) in [5.41, 5.74) is 0. The van der Waals surface area contributed by atoms with Gasteiger partial charge in [-0.2, -0.15) is 26.3 Å². The van der Waals surface area contributed by atoms with Gasteiger partial charge in [0.15, 0.2) is 0 Å². The Balaban J connectivity index is 0. The predicted octanol–water partition coefficient (Wildman–Crippen LogP) is 2.87. The highest BCUT2D eigenvalue weighted by atomic mass is 19.4. The maximum absolute atomic E-state index is 11.4. The molecular weight excluding hydrogens is 326 g/mol. The van der Waals surface area contributed by atoms with E-state index in [4.69, 9.17) is 5.11 Å². The molecule has 0 amide bonds. The van der Waals surface area contributed by atoms with Crippen LogP contribution in [0.5, 0.6) is 0 Å². The molecule has 0 fully saturated rings. The van der Waals surface area contributed by atoms with Crippen LogP contribution in [-0.4, -0.2) is 41.8 Å². The van der Waals surface area contributed by atoms with Crippen molar-refractivity contribution in [1.29, 1.82) is 0 Å². The third-order valence-electron chi connectivity index (χ3n) is 1.79. The summed E-state index contributed by atoms with van der Waals surface area (Å²) < 4.78 is 72.6. The standard InChI is InChI=1S/C6H9F3O2.C5H5F3O3/c1-2-11-5(10)3-4-6(7,8)9;6-5(7,8)2-1-3(9)4(10)11/h2-4H2,1H3;1-2H2,(H,10,11). The maximum Gasteiger partial charge on any atom is 0.389 e. The molecule has 0 atom stereocenters. The van der Waals surface area contributed by atoms with Crippen LogP contribution >= 0.6 is 0 Å². The third-order valence-corrected chi connectivity index (χ3v) is 1.79. The molecule has 130 valence electrons. The number of hydrogen-bond acceptors (Lipinski definition) is 4. The van der Waals surface area contributed by atoms with Gasteiger partial charge in [-0.15, -0.1) is 0 Å². The normalized spacial score (nSPS) is 11.2. The van der Waals surface area contributed by atoms with E-state index >= 15 is 0 Å². The lowest BCUT2D eigenvalue weighted by Gasteiger charge is -2.04. The Kier molecular flexibility index (Phi) is 10.2. The van der Waals surface area contributed by atoms with Crippen molar-refractivity contribution < 1.29 is 50.6 Å². The molecule has 0 aliphatic carbocycles. The minimum absolute atomic E-state index is 0.122. The minimum Gasteiger partial charge on any atom is -0.476 e. The molecule has 0 saturated heterocycles. The molecule has 5 nitrogen and oxygen atoms in total. The number of carboxylic acid groups (broad SMARTS) is 1. The van der Waals surface area contributed by atoms with Crippen molar-refractivity contribution in [2.45, 2.75) is 45.0 Å². The molecule has 0 aliphatic heterocycles. The number of hydrogen-bond donors (Lipinski definition) is 1. The van der Waals surface area contributed by atoms with Crippen LogP contribution in [0.3, 0.4) is 0 Å². The fourth-order valence-electron chi connectivity index (χ4n) is 0.839. The summed E-state index contributed by atoms with van der Waals surface area (Å²) in [5.74, 6) is -4.04. The zero-order chi connectivity index (χ0) is 18.0. The maximum atomic E-state index is 11.4. The molecule has 11 heteroatoms. The largest absolute Gasteiger partial charge is 0.476 e. The molecule has 0 spiro atoms. The van der Waals surface area contributed by atoms with Crippen LogP contribution in [0.4, 0.5) is 26.3 Å². The average Bonchev–Trinajstić information content (AvgIpc) is 2.33. The molecule has 0 aromatic rings. The molecule has 1 N–H and O–H groups in total. The summed E-state index contributed by atoms with van der Waals surface area (Å²) in [4.78, 5) is 30.2. The molecule has 0 saturated carbocycles. The molecule has 0 radical (unpaired) electrons. The van der Waals surface area contributed by atoms with E-state index in [9.17, 15) is 40.7 Å². The number of halogens is 6. The van der Waals surface area contributed by atoms with Crippen molar-refractivity contribution >= 4 is 17.7 Å². The predicted molar refractivity (Wildman–Crippen MR) is 59.9 cm³/mol. The van der Waals surface area contributed by atoms with Crippen LogP contribution in [0.15, 0.2) is 0 Å². The van der Waals surface area contributed by atoms with Gasteiger partial charge in [0, 0.05) is 6.42 Å². The van der Waals surface area contributed by atoms with Gasteiger partial charge in [-0.1, -0.05) is 0 Å². The van der Waals surface area contributed by atoms with E-state index in [0.717, 1.165) is 0 Å². The van der Waals surface area contributed by atoms with Crippen LogP contribution in [-0.2, 0) is 19.1 Å². The molecule has 0 aromatic heterocycles. The number of carbonyl (C=O) groups excluding carboxylic acids is 2. The van der Waals surface area contributed by atoms with E-state index in [1.54, 1.807) is 6.92 Å². The third kappa shape index (κ3) is 18.2. The highest BCUT2D eigenvalue weighted by Crippen LogP contribution is 2.21. The van der Waals surface area contributed by atoms with Gasteiger partial charge in [0.25, 0.3) is 0 Å². The van der Waals surface area contributed by atoms with Crippen molar-refractivity contribution in [2.75, 3.05) is 6.61 Å². The van der Waals surface area contributed by atoms with E-state index < -0.39 is 55.8 Å². The Morgan fingerprint density at radius 2 is 1.32 bits per heavy atom. The lowest BCUT2D eigenvalue weighted by molar-refractivity contribution is -0.156. The zero-order valence-corrected chi connectivity index (χ0v) is 11.4. The minimum atomic E-state index is -4.47. The van der Waals surface area contributed by atoms with Crippen LogP contribution < -0.4 is 0 Å². The van der Waals surface area contributed by atoms with Gasteiger partial charge < -0.3 is 9.84 Å². The molecular formula is C11H14F6O5. The average molecular weight is 340 g/mol. The van der Waals surface area contributed by atoms with Gasteiger partial charge in [-0.3, -0.25) is 9.59 Å². The number of rotatable bonds is 6. The lowest BCUT2D eigenvalue weighted by Crippen LogP contribution is -2.16. The molecule has 0 aliphatic rings. The summed E-state index contributed by atoms with van der Waals surface area (Å²) in [5, 5.41) is 7.86. The van der Waals surface area contributed by atoms with Crippen LogP contribution in [0.2, 0.25) is 0 Å². The van der Waals surface area contributed by atoms with Crippen molar-refractivity contribution in [2.24, 2.45) is 0 Å². The highest BCUT2D eigenvalue weighted by molar-refractivity contribution is 6.32. The number of aliphatic carboxylic acids is 1. The molecule has 0 rings (SSSR count). The number of Topliss-reactive ketones (excluding diaryl/α,β-unsaturated/α-hetero) is 1. The first kappa shape index (κ1) is 22.5. The SMILES string of the molecule is CCOC(=O)CCC(F)(F)F.O=C(O)C(=O)CCC(F)(F)F. The molecule has 0 aromatic carbocycles. The Labute approximate surface area is 121 Å². The van der Waals surface area contributed by atoms with Gasteiger partial charge in [-0.25, -0.2) is 4.79 Å². The van der Waals surface area contributed by atoms with Gasteiger partial charge in [0.1, 0.15) is 0 Å². The van der Waals surface area contributed by atoms with Crippen molar-refractivity contribution in [3.05, 3.63) is 0 Å². The summed E-state index contributed by atoms with van der Waals surface area (Å²) in [6.45, 7) is 1.67. The van der Waals surface area contributed by atoms with E-state index in [1.165, 1.54) is 0 Å². The highest BCUT2D eigenvalue weighted by Gasteiger charge is 2.29. The monoisotopic (exact) mass is 340 g/mol. The molecule has 0 heterocycles.